The van der Waals surface area contributed by atoms with Gasteiger partial charge in [0, 0.05) is 25.0 Å². The highest BCUT2D eigenvalue weighted by Crippen LogP contribution is 2.26. The highest BCUT2D eigenvalue weighted by molar-refractivity contribution is 5.00. The number of hydrogen-bond acceptors (Lipinski definition) is 3. The molecule has 0 spiro atoms. The Morgan fingerprint density at radius 2 is 1.94 bits per heavy atom. The van der Waals surface area contributed by atoms with Crippen LogP contribution in [0.3, 0.4) is 0 Å². The van der Waals surface area contributed by atoms with Crippen LogP contribution in [-0.2, 0) is 6.54 Å². The second-order valence-electron chi connectivity index (χ2n) is 5.16. The summed E-state index contributed by atoms with van der Waals surface area (Å²) in [5, 5.41) is 3.60. The SMILES string of the molecule is CCC1CCC(NCc2cnc(C)cn2)CC1. The molecule has 0 atom stereocenters. The second kappa shape index (κ2) is 6.10. The van der Waals surface area contributed by atoms with Gasteiger partial charge in [-0.1, -0.05) is 13.3 Å². The Balaban J connectivity index is 1.74. The minimum Gasteiger partial charge on any atom is -0.308 e. The zero-order valence-corrected chi connectivity index (χ0v) is 10.9. The molecule has 3 nitrogen and oxygen atoms in total. The predicted molar refractivity (Wildman–Crippen MR) is 69.6 cm³/mol. The summed E-state index contributed by atoms with van der Waals surface area (Å²) in [6.45, 7) is 5.13. The number of aromatic nitrogens is 2. The number of nitrogens with one attached hydrogen (secondary N) is 1. The monoisotopic (exact) mass is 233 g/mol. The van der Waals surface area contributed by atoms with Crippen molar-refractivity contribution < 1.29 is 0 Å². The topological polar surface area (TPSA) is 37.8 Å². The zero-order chi connectivity index (χ0) is 12.1. The van der Waals surface area contributed by atoms with Crippen LogP contribution in [0.5, 0.6) is 0 Å². The van der Waals surface area contributed by atoms with E-state index in [0.717, 1.165) is 23.9 Å². The minimum atomic E-state index is 0.681. The molecule has 3 heteroatoms. The van der Waals surface area contributed by atoms with Crippen molar-refractivity contribution in [1.29, 1.82) is 0 Å². The van der Waals surface area contributed by atoms with E-state index in [4.69, 9.17) is 0 Å². The van der Waals surface area contributed by atoms with Crippen LogP contribution < -0.4 is 5.32 Å². The third-order valence-corrected chi connectivity index (χ3v) is 3.83. The maximum atomic E-state index is 4.37. The first-order valence-electron chi connectivity index (χ1n) is 6.79. The average Bonchev–Trinajstić information content (AvgIpc) is 2.39. The van der Waals surface area contributed by atoms with Crippen LogP contribution in [0.15, 0.2) is 12.4 Å². The molecule has 1 saturated carbocycles. The fourth-order valence-corrected chi connectivity index (χ4v) is 2.53. The normalized spacial score (nSPS) is 24.8. The summed E-state index contributed by atoms with van der Waals surface area (Å²) in [5.74, 6) is 0.965. The van der Waals surface area contributed by atoms with Crippen molar-refractivity contribution in [2.24, 2.45) is 5.92 Å². The molecule has 0 aromatic carbocycles. The predicted octanol–water partition coefficient (Wildman–Crippen LogP) is 2.84. The summed E-state index contributed by atoms with van der Waals surface area (Å²) in [6, 6.07) is 0.681. The standard InChI is InChI=1S/C14H23N3/c1-3-12-4-6-13(7-5-12)17-10-14-9-15-11(2)8-16-14/h8-9,12-13,17H,3-7,10H2,1-2H3. The van der Waals surface area contributed by atoms with Crippen LogP contribution in [-0.4, -0.2) is 16.0 Å². The van der Waals surface area contributed by atoms with E-state index >= 15 is 0 Å². The van der Waals surface area contributed by atoms with Crippen molar-refractivity contribution in [3.05, 3.63) is 23.8 Å². The van der Waals surface area contributed by atoms with Crippen molar-refractivity contribution in [1.82, 2.24) is 15.3 Å². The first-order chi connectivity index (χ1) is 8.28. The summed E-state index contributed by atoms with van der Waals surface area (Å²) in [7, 11) is 0. The highest BCUT2D eigenvalue weighted by atomic mass is 14.9. The van der Waals surface area contributed by atoms with Gasteiger partial charge < -0.3 is 5.32 Å². The van der Waals surface area contributed by atoms with Gasteiger partial charge in [-0.25, -0.2) is 0 Å². The Morgan fingerprint density at radius 1 is 1.18 bits per heavy atom. The molecule has 0 aliphatic heterocycles. The van der Waals surface area contributed by atoms with Gasteiger partial charge in [0.25, 0.3) is 0 Å². The van der Waals surface area contributed by atoms with Crippen LogP contribution in [0.1, 0.15) is 50.4 Å². The van der Waals surface area contributed by atoms with Gasteiger partial charge in [0.1, 0.15) is 0 Å². The molecule has 0 saturated heterocycles. The fraction of sp³-hybridized carbons (Fsp3) is 0.714. The van der Waals surface area contributed by atoms with Gasteiger partial charge >= 0.3 is 0 Å². The first-order valence-corrected chi connectivity index (χ1v) is 6.79. The number of nitrogens with zero attached hydrogens (tertiary/aromatic N) is 2. The highest BCUT2D eigenvalue weighted by Gasteiger charge is 2.19. The molecule has 0 bridgehead atoms. The lowest BCUT2D eigenvalue weighted by atomic mass is 9.84. The quantitative estimate of drug-likeness (QED) is 0.869. The summed E-state index contributed by atoms with van der Waals surface area (Å²) in [6.07, 6.45) is 10.5. The summed E-state index contributed by atoms with van der Waals surface area (Å²) < 4.78 is 0. The molecule has 0 radical (unpaired) electrons. The molecule has 17 heavy (non-hydrogen) atoms. The Labute approximate surface area is 104 Å². The first kappa shape index (κ1) is 12.5. The van der Waals surface area contributed by atoms with E-state index in [2.05, 4.69) is 22.2 Å². The Morgan fingerprint density at radius 3 is 2.53 bits per heavy atom. The van der Waals surface area contributed by atoms with Gasteiger partial charge in [0.2, 0.25) is 0 Å². The molecule has 0 unspecified atom stereocenters. The van der Waals surface area contributed by atoms with Crippen LogP contribution >= 0.6 is 0 Å². The molecule has 2 rings (SSSR count). The molecule has 1 aliphatic carbocycles. The number of aryl methyl sites for hydroxylation is 1. The average molecular weight is 233 g/mol. The van der Waals surface area contributed by atoms with Crippen molar-refractivity contribution in [3.8, 4) is 0 Å². The lowest BCUT2D eigenvalue weighted by Gasteiger charge is -2.28. The molecular formula is C14H23N3. The second-order valence-corrected chi connectivity index (χ2v) is 5.16. The van der Waals surface area contributed by atoms with E-state index in [0.29, 0.717) is 6.04 Å². The third kappa shape index (κ3) is 3.77. The Hall–Kier alpha value is -0.960. The minimum absolute atomic E-state index is 0.681. The van der Waals surface area contributed by atoms with Crippen molar-refractivity contribution in [2.75, 3.05) is 0 Å². The molecule has 1 heterocycles. The molecule has 1 fully saturated rings. The summed E-state index contributed by atoms with van der Waals surface area (Å²) >= 11 is 0. The molecule has 94 valence electrons. The lowest BCUT2D eigenvalue weighted by molar-refractivity contribution is 0.284. The van der Waals surface area contributed by atoms with E-state index in [1.165, 1.54) is 32.1 Å². The van der Waals surface area contributed by atoms with Crippen LogP contribution in [0, 0.1) is 12.8 Å². The third-order valence-electron chi connectivity index (χ3n) is 3.83. The molecule has 1 aromatic heterocycles. The smallest absolute Gasteiger partial charge is 0.0724 e. The van der Waals surface area contributed by atoms with Gasteiger partial charge in [0.05, 0.1) is 11.4 Å². The summed E-state index contributed by atoms with van der Waals surface area (Å²) in [4.78, 5) is 8.63. The molecule has 1 aromatic rings. The maximum absolute atomic E-state index is 4.37. The molecule has 0 amide bonds. The van der Waals surface area contributed by atoms with E-state index < -0.39 is 0 Å². The van der Waals surface area contributed by atoms with E-state index in [9.17, 15) is 0 Å². The van der Waals surface area contributed by atoms with Crippen molar-refractivity contribution in [2.45, 2.75) is 58.5 Å². The number of hydrogen-bond donors (Lipinski definition) is 1. The molecule has 1 aliphatic rings. The van der Waals surface area contributed by atoms with E-state index in [1.807, 2.05) is 19.3 Å². The van der Waals surface area contributed by atoms with Gasteiger partial charge in [-0.15, -0.1) is 0 Å². The van der Waals surface area contributed by atoms with Crippen LogP contribution in [0.4, 0.5) is 0 Å². The van der Waals surface area contributed by atoms with Gasteiger partial charge in [-0.05, 0) is 38.5 Å². The molecule has 1 N–H and O–H groups in total. The summed E-state index contributed by atoms with van der Waals surface area (Å²) in [5.41, 5.74) is 2.03. The van der Waals surface area contributed by atoms with Crippen molar-refractivity contribution in [3.63, 3.8) is 0 Å². The van der Waals surface area contributed by atoms with E-state index in [-0.39, 0.29) is 0 Å². The van der Waals surface area contributed by atoms with Gasteiger partial charge in [-0.3, -0.25) is 9.97 Å². The molecular weight excluding hydrogens is 210 g/mol. The number of rotatable bonds is 4. The fourth-order valence-electron chi connectivity index (χ4n) is 2.53. The van der Waals surface area contributed by atoms with Crippen LogP contribution in [0.2, 0.25) is 0 Å². The Bertz CT molecular complexity index is 326. The van der Waals surface area contributed by atoms with E-state index in [1.54, 1.807) is 0 Å². The largest absolute Gasteiger partial charge is 0.308 e. The Kier molecular flexibility index (Phi) is 4.49. The van der Waals surface area contributed by atoms with Gasteiger partial charge in [0.15, 0.2) is 0 Å². The maximum Gasteiger partial charge on any atom is 0.0724 e. The lowest BCUT2D eigenvalue weighted by Crippen LogP contribution is -2.32. The van der Waals surface area contributed by atoms with Gasteiger partial charge in [-0.2, -0.15) is 0 Å². The zero-order valence-electron chi connectivity index (χ0n) is 10.9. The van der Waals surface area contributed by atoms with Crippen LogP contribution in [0.25, 0.3) is 0 Å². The van der Waals surface area contributed by atoms with Crippen molar-refractivity contribution >= 4 is 0 Å².